The van der Waals surface area contributed by atoms with E-state index in [1.807, 2.05) is 6.08 Å². The summed E-state index contributed by atoms with van der Waals surface area (Å²) in [5, 5.41) is 11.9. The fourth-order valence-corrected chi connectivity index (χ4v) is 3.88. The monoisotopic (exact) mass is 365 g/mol. The molecule has 25 heavy (non-hydrogen) atoms. The van der Waals surface area contributed by atoms with Crippen LogP contribution in [0, 0.1) is 0 Å². The molecule has 1 fully saturated rings. The molecule has 0 spiro atoms. The third-order valence-corrected chi connectivity index (χ3v) is 5.39. The third-order valence-electron chi connectivity index (χ3n) is 4.44. The van der Waals surface area contributed by atoms with Crippen molar-refractivity contribution in [2.24, 2.45) is 0 Å². The van der Waals surface area contributed by atoms with Gasteiger partial charge in [0.2, 0.25) is 11.8 Å². The lowest BCUT2D eigenvalue weighted by atomic mass is 9.89. The molecule has 0 aromatic carbocycles. The van der Waals surface area contributed by atoms with Crippen LogP contribution in [-0.4, -0.2) is 57.9 Å². The predicted octanol–water partition coefficient (Wildman–Crippen LogP) is 1.81. The summed E-state index contributed by atoms with van der Waals surface area (Å²) in [6, 6.07) is 0. The van der Waals surface area contributed by atoms with Crippen LogP contribution >= 0.6 is 11.8 Å². The highest BCUT2D eigenvalue weighted by atomic mass is 32.2. The summed E-state index contributed by atoms with van der Waals surface area (Å²) in [4.78, 5) is 25.0. The van der Waals surface area contributed by atoms with Gasteiger partial charge in [-0.3, -0.25) is 9.59 Å². The second-order valence-electron chi connectivity index (χ2n) is 6.29. The van der Waals surface area contributed by atoms with Crippen molar-refractivity contribution in [1.29, 1.82) is 0 Å². The van der Waals surface area contributed by atoms with Crippen molar-refractivity contribution in [1.82, 2.24) is 25.0 Å². The lowest BCUT2D eigenvalue weighted by molar-refractivity contribution is -0.132. The molecule has 7 nitrogen and oxygen atoms in total. The van der Waals surface area contributed by atoms with Gasteiger partial charge in [-0.15, -0.1) is 16.8 Å². The largest absolute Gasteiger partial charge is 0.358 e. The molecule has 1 aromatic rings. The van der Waals surface area contributed by atoms with Crippen LogP contribution in [0.15, 0.2) is 17.8 Å². The maximum atomic E-state index is 12.2. The fraction of sp³-hybridized carbons (Fsp3) is 0.647. The minimum Gasteiger partial charge on any atom is -0.358 e. The van der Waals surface area contributed by atoms with Crippen LogP contribution < -0.4 is 5.32 Å². The van der Waals surface area contributed by atoms with Gasteiger partial charge in [-0.1, -0.05) is 37.1 Å². The number of rotatable bonds is 8. The molecule has 0 aliphatic heterocycles. The summed E-state index contributed by atoms with van der Waals surface area (Å²) in [7, 11) is 3.18. The number of nitrogens with one attached hydrogen (secondary N) is 1. The third kappa shape index (κ3) is 5.32. The van der Waals surface area contributed by atoms with Crippen LogP contribution in [-0.2, 0) is 16.1 Å². The van der Waals surface area contributed by atoms with E-state index in [0.29, 0.717) is 12.5 Å². The molecule has 1 N–H and O–H groups in total. The van der Waals surface area contributed by atoms with Gasteiger partial charge in [0.25, 0.3) is 0 Å². The smallest absolute Gasteiger partial charge is 0.239 e. The Kier molecular flexibility index (Phi) is 7.49. The zero-order chi connectivity index (χ0) is 18.2. The van der Waals surface area contributed by atoms with Crippen LogP contribution in [0.4, 0.5) is 0 Å². The SMILES string of the molecule is C=CCn1c(SCC(=O)N(C)CC(=O)NC)nnc1C1CCCCC1. The van der Waals surface area contributed by atoms with Crippen LogP contribution in [0.25, 0.3) is 0 Å². The van der Waals surface area contributed by atoms with E-state index in [1.165, 1.54) is 35.9 Å². The quantitative estimate of drug-likeness (QED) is 0.561. The minimum atomic E-state index is -0.185. The maximum absolute atomic E-state index is 12.2. The van der Waals surface area contributed by atoms with Crippen LogP contribution in [0.2, 0.25) is 0 Å². The van der Waals surface area contributed by atoms with Crippen molar-refractivity contribution in [3.05, 3.63) is 18.5 Å². The lowest BCUT2D eigenvalue weighted by Crippen LogP contribution is -2.37. The van der Waals surface area contributed by atoms with E-state index in [0.717, 1.165) is 23.8 Å². The molecule has 2 rings (SSSR count). The van der Waals surface area contributed by atoms with Gasteiger partial charge in [-0.05, 0) is 12.8 Å². The van der Waals surface area contributed by atoms with Crippen molar-refractivity contribution >= 4 is 23.6 Å². The molecule has 1 saturated carbocycles. The second kappa shape index (κ2) is 9.60. The number of amides is 2. The Morgan fingerprint density at radius 1 is 1.36 bits per heavy atom. The van der Waals surface area contributed by atoms with Crippen molar-refractivity contribution in [2.75, 3.05) is 26.4 Å². The Morgan fingerprint density at radius 3 is 2.72 bits per heavy atom. The molecule has 1 aliphatic carbocycles. The summed E-state index contributed by atoms with van der Waals surface area (Å²) in [6.07, 6.45) is 7.88. The lowest BCUT2D eigenvalue weighted by Gasteiger charge is -2.21. The topological polar surface area (TPSA) is 80.1 Å². The number of carbonyl (C=O) groups is 2. The van der Waals surface area contributed by atoms with Crippen LogP contribution in [0.5, 0.6) is 0 Å². The molecule has 0 bridgehead atoms. The molecular weight excluding hydrogens is 338 g/mol. The van der Waals surface area contributed by atoms with Gasteiger partial charge in [0, 0.05) is 26.6 Å². The van der Waals surface area contributed by atoms with Gasteiger partial charge >= 0.3 is 0 Å². The Morgan fingerprint density at radius 2 is 2.08 bits per heavy atom. The number of carbonyl (C=O) groups excluding carboxylic acids is 2. The van der Waals surface area contributed by atoms with Gasteiger partial charge in [0.15, 0.2) is 5.16 Å². The first kappa shape index (κ1) is 19.5. The van der Waals surface area contributed by atoms with E-state index >= 15 is 0 Å². The van der Waals surface area contributed by atoms with Gasteiger partial charge in [-0.25, -0.2) is 0 Å². The molecule has 0 radical (unpaired) electrons. The normalized spacial score (nSPS) is 15.0. The number of likely N-dealkylation sites (N-methyl/N-ethyl adjacent to an activating group) is 2. The molecule has 0 saturated heterocycles. The molecule has 138 valence electrons. The number of thioether (sulfide) groups is 1. The molecule has 2 amide bonds. The number of hydrogen-bond donors (Lipinski definition) is 1. The second-order valence-corrected chi connectivity index (χ2v) is 7.23. The maximum Gasteiger partial charge on any atom is 0.239 e. The first-order valence-corrected chi connectivity index (χ1v) is 9.66. The van der Waals surface area contributed by atoms with E-state index in [9.17, 15) is 9.59 Å². The van der Waals surface area contributed by atoms with Gasteiger partial charge in [0.1, 0.15) is 5.82 Å². The predicted molar refractivity (Wildman–Crippen MR) is 98.5 cm³/mol. The van der Waals surface area contributed by atoms with Crippen LogP contribution in [0.3, 0.4) is 0 Å². The Hall–Kier alpha value is -1.83. The molecule has 1 aromatic heterocycles. The number of hydrogen-bond acceptors (Lipinski definition) is 5. The van der Waals surface area contributed by atoms with Crippen molar-refractivity contribution in [3.63, 3.8) is 0 Å². The highest BCUT2D eigenvalue weighted by Gasteiger charge is 2.23. The number of allylic oxidation sites excluding steroid dienone is 1. The average Bonchev–Trinajstić information content (AvgIpc) is 3.03. The molecule has 8 heteroatoms. The van der Waals surface area contributed by atoms with E-state index in [-0.39, 0.29) is 24.1 Å². The Balaban J connectivity index is 2.01. The highest BCUT2D eigenvalue weighted by molar-refractivity contribution is 7.99. The number of aromatic nitrogens is 3. The van der Waals surface area contributed by atoms with E-state index in [4.69, 9.17) is 0 Å². The summed E-state index contributed by atoms with van der Waals surface area (Å²) in [6.45, 7) is 4.52. The van der Waals surface area contributed by atoms with Crippen molar-refractivity contribution in [2.45, 2.75) is 49.7 Å². The zero-order valence-electron chi connectivity index (χ0n) is 15.0. The van der Waals surface area contributed by atoms with E-state index in [2.05, 4.69) is 26.7 Å². The average molecular weight is 366 g/mol. The zero-order valence-corrected chi connectivity index (χ0v) is 15.8. The highest BCUT2D eigenvalue weighted by Crippen LogP contribution is 2.33. The molecule has 1 heterocycles. The number of nitrogens with zero attached hydrogens (tertiary/aromatic N) is 4. The van der Waals surface area contributed by atoms with Gasteiger partial charge in [0.05, 0.1) is 12.3 Å². The molecule has 1 aliphatic rings. The van der Waals surface area contributed by atoms with Crippen molar-refractivity contribution in [3.8, 4) is 0 Å². The van der Waals surface area contributed by atoms with Crippen molar-refractivity contribution < 1.29 is 9.59 Å². The van der Waals surface area contributed by atoms with Gasteiger partial charge in [-0.2, -0.15) is 0 Å². The summed E-state index contributed by atoms with van der Waals surface area (Å²) < 4.78 is 2.07. The Labute approximate surface area is 153 Å². The summed E-state index contributed by atoms with van der Waals surface area (Å²) in [5.74, 6) is 1.39. The van der Waals surface area contributed by atoms with E-state index in [1.54, 1.807) is 14.1 Å². The van der Waals surface area contributed by atoms with Crippen LogP contribution in [0.1, 0.15) is 43.8 Å². The van der Waals surface area contributed by atoms with Gasteiger partial charge < -0.3 is 14.8 Å². The van der Waals surface area contributed by atoms with E-state index < -0.39 is 0 Å². The molecule has 0 unspecified atom stereocenters. The summed E-state index contributed by atoms with van der Waals surface area (Å²) >= 11 is 1.36. The standard InChI is InChI=1S/C17H27N5O2S/c1-4-10-22-16(13-8-6-5-7-9-13)19-20-17(22)25-12-15(24)21(3)11-14(23)18-2/h4,13H,1,5-12H2,2-3H3,(H,18,23). The minimum absolute atomic E-state index is 0.0581. The fourth-order valence-electron chi connectivity index (χ4n) is 2.99. The summed E-state index contributed by atoms with van der Waals surface area (Å²) in [5.41, 5.74) is 0. The first-order chi connectivity index (χ1) is 12.1. The first-order valence-electron chi connectivity index (χ1n) is 8.68. The molecular formula is C17H27N5O2S. The Bertz CT molecular complexity index is 610. The molecule has 0 atom stereocenters.